The number of benzene rings is 2. The molecule has 0 radical (unpaired) electrons. The predicted molar refractivity (Wildman–Crippen MR) is 87.3 cm³/mol. The van der Waals surface area contributed by atoms with Crippen molar-refractivity contribution in [2.75, 3.05) is 25.1 Å². The second-order valence-electron chi connectivity index (χ2n) is 5.19. The van der Waals surface area contributed by atoms with Gasteiger partial charge in [-0.25, -0.2) is 0 Å². The van der Waals surface area contributed by atoms with E-state index in [1.165, 1.54) is 0 Å². The zero-order chi connectivity index (χ0) is 16.8. The van der Waals surface area contributed by atoms with E-state index in [-0.39, 0.29) is 12.5 Å². The van der Waals surface area contributed by atoms with Crippen LogP contribution < -0.4 is 19.5 Å². The number of nitriles is 1. The second-order valence-corrected chi connectivity index (χ2v) is 5.19. The van der Waals surface area contributed by atoms with Gasteiger partial charge in [-0.15, -0.1) is 0 Å². The summed E-state index contributed by atoms with van der Waals surface area (Å²) in [6, 6.07) is 13.9. The highest BCUT2D eigenvalue weighted by Crippen LogP contribution is 2.32. The zero-order valence-corrected chi connectivity index (χ0v) is 13.0. The molecule has 1 N–H and O–H groups in total. The van der Waals surface area contributed by atoms with E-state index < -0.39 is 0 Å². The van der Waals surface area contributed by atoms with Crippen molar-refractivity contribution in [1.29, 1.82) is 5.26 Å². The Hall–Kier alpha value is -3.20. The second kappa shape index (κ2) is 7.38. The molecule has 0 saturated heterocycles. The molecular formula is C18H16N2O4. The summed E-state index contributed by atoms with van der Waals surface area (Å²) in [5.74, 6) is 1.55. The van der Waals surface area contributed by atoms with Crippen molar-refractivity contribution in [2.24, 2.45) is 0 Å². The number of carbonyl (C=O) groups excluding carboxylic acids is 1. The van der Waals surface area contributed by atoms with Gasteiger partial charge in [0.2, 0.25) is 0 Å². The van der Waals surface area contributed by atoms with Gasteiger partial charge in [-0.2, -0.15) is 5.26 Å². The first-order chi connectivity index (χ1) is 11.7. The SMILES string of the molecule is N#Cc1ccc(OCC(=O)Nc2ccc3c(c2)OCCCO3)cc1. The lowest BCUT2D eigenvalue weighted by atomic mass is 10.2. The minimum absolute atomic E-state index is 0.125. The third kappa shape index (κ3) is 3.96. The van der Waals surface area contributed by atoms with Gasteiger partial charge in [-0.3, -0.25) is 4.79 Å². The smallest absolute Gasteiger partial charge is 0.262 e. The Labute approximate surface area is 139 Å². The molecule has 0 atom stereocenters. The Bertz CT molecular complexity index is 766. The van der Waals surface area contributed by atoms with Crippen molar-refractivity contribution in [1.82, 2.24) is 0 Å². The maximum atomic E-state index is 12.0. The van der Waals surface area contributed by atoms with Crippen molar-refractivity contribution >= 4 is 11.6 Å². The number of anilines is 1. The highest BCUT2D eigenvalue weighted by atomic mass is 16.5. The number of nitrogens with zero attached hydrogens (tertiary/aromatic N) is 1. The molecule has 0 saturated carbocycles. The van der Waals surface area contributed by atoms with Crippen LogP contribution in [0, 0.1) is 11.3 Å². The van der Waals surface area contributed by atoms with Crippen molar-refractivity contribution in [3.05, 3.63) is 48.0 Å². The molecular weight excluding hydrogens is 308 g/mol. The zero-order valence-electron chi connectivity index (χ0n) is 13.0. The molecule has 122 valence electrons. The van der Waals surface area contributed by atoms with Gasteiger partial charge < -0.3 is 19.5 Å². The van der Waals surface area contributed by atoms with Gasteiger partial charge in [-0.05, 0) is 36.4 Å². The molecule has 6 nitrogen and oxygen atoms in total. The molecule has 0 bridgehead atoms. The van der Waals surface area contributed by atoms with Gasteiger partial charge in [0, 0.05) is 18.2 Å². The van der Waals surface area contributed by atoms with E-state index in [2.05, 4.69) is 5.32 Å². The van der Waals surface area contributed by atoms with Crippen LogP contribution >= 0.6 is 0 Å². The third-order valence-electron chi connectivity index (χ3n) is 3.38. The molecule has 0 unspecified atom stereocenters. The largest absolute Gasteiger partial charge is 0.490 e. The van der Waals surface area contributed by atoms with Gasteiger partial charge >= 0.3 is 0 Å². The van der Waals surface area contributed by atoms with E-state index in [4.69, 9.17) is 19.5 Å². The Morgan fingerprint density at radius 1 is 1.12 bits per heavy atom. The minimum atomic E-state index is -0.283. The molecule has 1 heterocycles. The summed E-state index contributed by atoms with van der Waals surface area (Å²) in [6.45, 7) is 1.09. The van der Waals surface area contributed by atoms with E-state index in [0.29, 0.717) is 41.7 Å². The minimum Gasteiger partial charge on any atom is -0.490 e. The number of ether oxygens (including phenoxy) is 3. The maximum Gasteiger partial charge on any atom is 0.262 e. The molecule has 0 fully saturated rings. The van der Waals surface area contributed by atoms with Gasteiger partial charge in [0.15, 0.2) is 18.1 Å². The summed E-state index contributed by atoms with van der Waals surface area (Å²) in [5.41, 5.74) is 1.16. The van der Waals surface area contributed by atoms with Crippen LogP contribution in [0.2, 0.25) is 0 Å². The fourth-order valence-corrected chi connectivity index (χ4v) is 2.21. The quantitative estimate of drug-likeness (QED) is 0.935. The van der Waals surface area contributed by atoms with Crippen molar-refractivity contribution < 1.29 is 19.0 Å². The monoisotopic (exact) mass is 324 g/mol. The molecule has 0 aromatic heterocycles. The number of nitrogens with one attached hydrogen (secondary N) is 1. The van der Waals surface area contributed by atoms with E-state index in [1.807, 2.05) is 6.07 Å². The van der Waals surface area contributed by atoms with Crippen LogP contribution in [0.1, 0.15) is 12.0 Å². The topological polar surface area (TPSA) is 80.6 Å². The fourth-order valence-electron chi connectivity index (χ4n) is 2.21. The van der Waals surface area contributed by atoms with Gasteiger partial charge in [0.05, 0.1) is 24.8 Å². The molecule has 6 heteroatoms. The van der Waals surface area contributed by atoms with Gasteiger partial charge in [0.25, 0.3) is 5.91 Å². The lowest BCUT2D eigenvalue weighted by Gasteiger charge is -2.11. The number of hydrogen-bond donors (Lipinski definition) is 1. The molecule has 24 heavy (non-hydrogen) atoms. The number of hydrogen-bond acceptors (Lipinski definition) is 5. The molecule has 2 aromatic carbocycles. The van der Waals surface area contributed by atoms with Crippen LogP contribution in [-0.4, -0.2) is 25.7 Å². The van der Waals surface area contributed by atoms with Crippen molar-refractivity contribution in [3.8, 4) is 23.3 Å². The normalized spacial score (nSPS) is 12.6. The average molecular weight is 324 g/mol. The summed E-state index contributed by atoms with van der Waals surface area (Å²) in [4.78, 5) is 12.0. The van der Waals surface area contributed by atoms with Gasteiger partial charge in [0.1, 0.15) is 5.75 Å². The predicted octanol–water partition coefficient (Wildman–Crippen LogP) is 2.74. The molecule has 3 rings (SSSR count). The molecule has 2 aromatic rings. The van der Waals surface area contributed by atoms with Crippen LogP contribution in [-0.2, 0) is 4.79 Å². The first kappa shape index (κ1) is 15.7. The van der Waals surface area contributed by atoms with E-state index in [9.17, 15) is 4.79 Å². The third-order valence-corrected chi connectivity index (χ3v) is 3.38. The Kier molecular flexibility index (Phi) is 4.82. The Morgan fingerprint density at radius 3 is 2.62 bits per heavy atom. The van der Waals surface area contributed by atoms with Crippen molar-refractivity contribution in [2.45, 2.75) is 6.42 Å². The fraction of sp³-hybridized carbons (Fsp3) is 0.222. The maximum absolute atomic E-state index is 12.0. The summed E-state index contributed by atoms with van der Waals surface area (Å²) in [6.07, 6.45) is 0.828. The lowest BCUT2D eigenvalue weighted by molar-refractivity contribution is -0.118. The van der Waals surface area contributed by atoms with E-state index in [1.54, 1.807) is 42.5 Å². The van der Waals surface area contributed by atoms with Crippen LogP contribution in [0.25, 0.3) is 0 Å². The summed E-state index contributed by atoms with van der Waals surface area (Å²) >= 11 is 0. The van der Waals surface area contributed by atoms with Crippen LogP contribution in [0.3, 0.4) is 0 Å². The first-order valence-corrected chi connectivity index (χ1v) is 7.57. The highest BCUT2D eigenvalue weighted by molar-refractivity contribution is 5.92. The molecule has 1 aliphatic rings. The Balaban J connectivity index is 1.56. The van der Waals surface area contributed by atoms with Crippen molar-refractivity contribution in [3.63, 3.8) is 0 Å². The van der Waals surface area contributed by atoms with Crippen LogP contribution in [0.15, 0.2) is 42.5 Å². The molecule has 1 amide bonds. The number of amides is 1. The number of carbonyl (C=O) groups is 1. The standard InChI is InChI=1S/C18H16N2O4/c19-11-13-2-5-15(6-3-13)24-12-18(21)20-14-4-7-16-17(10-14)23-9-1-8-22-16/h2-7,10H,1,8-9,12H2,(H,20,21). The molecule has 0 aliphatic carbocycles. The first-order valence-electron chi connectivity index (χ1n) is 7.57. The molecule has 1 aliphatic heterocycles. The van der Waals surface area contributed by atoms with E-state index in [0.717, 1.165) is 6.42 Å². The number of rotatable bonds is 4. The van der Waals surface area contributed by atoms with Crippen LogP contribution in [0.5, 0.6) is 17.2 Å². The number of fused-ring (bicyclic) bond motifs is 1. The average Bonchev–Trinajstić information content (AvgIpc) is 2.85. The summed E-state index contributed by atoms with van der Waals surface area (Å²) < 4.78 is 16.5. The lowest BCUT2D eigenvalue weighted by Crippen LogP contribution is -2.20. The van der Waals surface area contributed by atoms with Crippen LogP contribution in [0.4, 0.5) is 5.69 Å². The Morgan fingerprint density at radius 2 is 1.88 bits per heavy atom. The summed E-state index contributed by atoms with van der Waals surface area (Å²) in [5, 5.41) is 11.5. The van der Waals surface area contributed by atoms with Gasteiger partial charge in [-0.1, -0.05) is 0 Å². The highest BCUT2D eigenvalue weighted by Gasteiger charge is 2.12. The van der Waals surface area contributed by atoms with E-state index >= 15 is 0 Å². The molecule has 0 spiro atoms. The summed E-state index contributed by atoms with van der Waals surface area (Å²) in [7, 11) is 0.